The molecular weight excluding hydrogens is 483 g/mol. The van der Waals surface area contributed by atoms with E-state index >= 15 is 0 Å². The fraction of sp³-hybridized carbons (Fsp3) is 0.160. The van der Waals surface area contributed by atoms with Crippen molar-refractivity contribution in [1.29, 1.82) is 0 Å². The van der Waals surface area contributed by atoms with Gasteiger partial charge in [-0.3, -0.25) is 4.79 Å². The highest BCUT2D eigenvalue weighted by atomic mass is 35.5. The molecular formula is C25H19Cl3N2O3. The fourth-order valence-corrected chi connectivity index (χ4v) is 4.26. The molecule has 4 rings (SSSR count). The predicted molar refractivity (Wildman–Crippen MR) is 130 cm³/mol. The van der Waals surface area contributed by atoms with Gasteiger partial charge >= 0.3 is 5.97 Å². The van der Waals surface area contributed by atoms with Gasteiger partial charge in [0.2, 0.25) is 0 Å². The van der Waals surface area contributed by atoms with Crippen molar-refractivity contribution in [2.75, 3.05) is 7.11 Å². The second-order valence-electron chi connectivity index (χ2n) is 7.54. The first-order chi connectivity index (χ1) is 15.9. The molecule has 0 saturated heterocycles. The van der Waals surface area contributed by atoms with Gasteiger partial charge in [0.1, 0.15) is 0 Å². The molecule has 1 amide bonds. The highest BCUT2D eigenvalue weighted by Crippen LogP contribution is 2.37. The first kappa shape index (κ1) is 23.3. The van der Waals surface area contributed by atoms with Crippen molar-refractivity contribution in [3.63, 3.8) is 0 Å². The van der Waals surface area contributed by atoms with Crippen molar-refractivity contribution in [2.24, 2.45) is 5.10 Å². The zero-order chi connectivity index (χ0) is 23.5. The predicted octanol–water partition coefficient (Wildman–Crippen LogP) is 6.35. The lowest BCUT2D eigenvalue weighted by Gasteiger charge is -2.30. The average Bonchev–Trinajstić information content (AvgIpc) is 2.83. The average molecular weight is 502 g/mol. The van der Waals surface area contributed by atoms with E-state index in [0.717, 1.165) is 16.8 Å². The van der Waals surface area contributed by atoms with Crippen LogP contribution in [0.2, 0.25) is 15.1 Å². The Morgan fingerprint density at radius 2 is 1.73 bits per heavy atom. The Morgan fingerprint density at radius 3 is 2.39 bits per heavy atom. The number of hydrogen-bond acceptors (Lipinski definition) is 4. The van der Waals surface area contributed by atoms with Crippen LogP contribution in [0.5, 0.6) is 0 Å². The van der Waals surface area contributed by atoms with E-state index in [1.807, 2.05) is 18.2 Å². The molecule has 0 radical (unpaired) electrons. The number of methoxy groups -OCH3 is 1. The molecule has 0 aliphatic carbocycles. The van der Waals surface area contributed by atoms with Gasteiger partial charge in [0.25, 0.3) is 5.91 Å². The first-order valence-corrected chi connectivity index (χ1v) is 11.3. The molecule has 0 N–H and O–H groups in total. The molecule has 33 heavy (non-hydrogen) atoms. The van der Waals surface area contributed by atoms with Crippen LogP contribution in [0.1, 0.15) is 39.4 Å². The number of carbonyl (C=O) groups excluding carboxylic acids is 2. The number of esters is 1. The summed E-state index contributed by atoms with van der Waals surface area (Å²) in [5, 5.41) is 7.45. The molecule has 3 aromatic carbocycles. The van der Waals surface area contributed by atoms with Crippen LogP contribution in [0.15, 0.2) is 71.8 Å². The topological polar surface area (TPSA) is 59.0 Å². The number of ether oxygens (including phenoxy) is 1. The van der Waals surface area contributed by atoms with Crippen LogP contribution >= 0.6 is 34.8 Å². The number of amides is 1. The molecule has 8 heteroatoms. The molecule has 0 unspecified atom stereocenters. The molecule has 0 aromatic heterocycles. The normalized spacial score (nSPS) is 15.9. The quantitative estimate of drug-likeness (QED) is 0.383. The summed E-state index contributed by atoms with van der Waals surface area (Å²) in [5.41, 5.74) is 3.49. The van der Waals surface area contributed by atoms with Gasteiger partial charge in [-0.25, -0.2) is 9.80 Å². The van der Waals surface area contributed by atoms with Crippen molar-refractivity contribution in [3.8, 4) is 0 Å². The van der Waals surface area contributed by atoms with E-state index < -0.39 is 11.9 Å². The third-order valence-electron chi connectivity index (χ3n) is 5.43. The summed E-state index contributed by atoms with van der Waals surface area (Å²) in [5.74, 6) is -1.16. The van der Waals surface area contributed by atoms with Gasteiger partial charge in [-0.1, -0.05) is 71.2 Å². The maximum absolute atomic E-state index is 13.5. The maximum atomic E-state index is 13.5. The Morgan fingerprint density at radius 1 is 1.03 bits per heavy atom. The Bertz CT molecular complexity index is 1220. The summed E-state index contributed by atoms with van der Waals surface area (Å²) in [4.78, 5) is 25.2. The van der Waals surface area contributed by atoms with E-state index in [9.17, 15) is 9.59 Å². The second-order valence-corrected chi connectivity index (χ2v) is 8.76. The largest absolute Gasteiger partial charge is 0.465 e. The second kappa shape index (κ2) is 9.96. The van der Waals surface area contributed by atoms with Crippen LogP contribution in [0.3, 0.4) is 0 Å². The number of halogens is 3. The fourth-order valence-electron chi connectivity index (χ4n) is 3.70. The van der Waals surface area contributed by atoms with Crippen LogP contribution in [-0.2, 0) is 16.1 Å². The zero-order valence-corrected chi connectivity index (χ0v) is 19.9. The van der Waals surface area contributed by atoms with Crippen LogP contribution < -0.4 is 0 Å². The molecule has 0 fully saturated rings. The SMILES string of the molecule is COC(=O)c1ccc(CN2N=C(c3ccc(Cl)cc3)C[C@@H](c3cccc(Cl)c3Cl)C2=O)cc1. The van der Waals surface area contributed by atoms with E-state index in [4.69, 9.17) is 39.5 Å². The smallest absolute Gasteiger partial charge is 0.337 e. The molecule has 1 aliphatic heterocycles. The highest BCUT2D eigenvalue weighted by molar-refractivity contribution is 6.42. The molecule has 0 spiro atoms. The van der Waals surface area contributed by atoms with Gasteiger partial charge in [0, 0.05) is 11.4 Å². The summed E-state index contributed by atoms with van der Waals surface area (Å²) < 4.78 is 4.74. The van der Waals surface area contributed by atoms with E-state index in [1.54, 1.807) is 48.5 Å². The van der Waals surface area contributed by atoms with Crippen LogP contribution in [0.4, 0.5) is 0 Å². The molecule has 1 atom stereocenters. The van der Waals surface area contributed by atoms with Gasteiger partial charge < -0.3 is 4.74 Å². The number of hydrogen-bond donors (Lipinski definition) is 0. The summed E-state index contributed by atoms with van der Waals surface area (Å²) in [7, 11) is 1.33. The Kier molecular flexibility index (Phi) is 7.03. The lowest BCUT2D eigenvalue weighted by molar-refractivity contribution is -0.134. The monoisotopic (exact) mass is 500 g/mol. The van der Waals surface area contributed by atoms with Crippen molar-refractivity contribution >= 4 is 52.4 Å². The van der Waals surface area contributed by atoms with Crippen molar-refractivity contribution in [1.82, 2.24) is 5.01 Å². The lowest BCUT2D eigenvalue weighted by atomic mass is 9.88. The summed E-state index contributed by atoms with van der Waals surface area (Å²) in [6.07, 6.45) is 0.373. The minimum Gasteiger partial charge on any atom is -0.465 e. The summed E-state index contributed by atoms with van der Waals surface area (Å²) in [6, 6.07) is 19.4. The van der Waals surface area contributed by atoms with Gasteiger partial charge in [-0.15, -0.1) is 0 Å². The third kappa shape index (κ3) is 5.06. The summed E-state index contributed by atoms with van der Waals surface area (Å²) >= 11 is 18.8. The third-order valence-corrected chi connectivity index (χ3v) is 6.52. The number of hydrazone groups is 1. The van der Waals surface area contributed by atoms with Gasteiger partial charge in [0.15, 0.2) is 0 Å². The number of nitrogens with zero attached hydrogens (tertiary/aromatic N) is 2. The minimum atomic E-state index is -0.547. The van der Waals surface area contributed by atoms with Crippen molar-refractivity contribution < 1.29 is 14.3 Å². The van der Waals surface area contributed by atoms with E-state index in [1.165, 1.54) is 12.1 Å². The number of benzene rings is 3. The number of carbonyl (C=O) groups is 2. The maximum Gasteiger partial charge on any atom is 0.337 e. The molecule has 5 nitrogen and oxygen atoms in total. The molecule has 3 aromatic rings. The van der Waals surface area contributed by atoms with Crippen molar-refractivity contribution in [2.45, 2.75) is 18.9 Å². The zero-order valence-electron chi connectivity index (χ0n) is 17.6. The molecule has 168 valence electrons. The number of rotatable bonds is 5. The first-order valence-electron chi connectivity index (χ1n) is 10.1. The van der Waals surface area contributed by atoms with Crippen molar-refractivity contribution in [3.05, 3.63) is 104 Å². The summed E-state index contributed by atoms with van der Waals surface area (Å²) in [6.45, 7) is 0.228. The molecule has 1 aliphatic rings. The Hall–Kier alpha value is -2.86. The minimum absolute atomic E-state index is 0.186. The Balaban J connectivity index is 1.70. The molecule has 1 heterocycles. The van der Waals surface area contributed by atoms with E-state index in [-0.39, 0.29) is 12.5 Å². The standard InChI is InChI=1S/C25H19Cl3N2O3/c1-33-25(32)17-7-5-15(6-8-17)14-30-24(31)20(19-3-2-4-21(27)23(19)28)13-22(29-30)16-9-11-18(26)12-10-16/h2-12,20H,13-14H2,1H3/t20-/m0/s1. The van der Waals surface area contributed by atoms with Gasteiger partial charge in [-0.05, 0) is 47.0 Å². The van der Waals surface area contributed by atoms with E-state index in [0.29, 0.717) is 32.6 Å². The van der Waals surface area contributed by atoms with Crippen LogP contribution in [0.25, 0.3) is 0 Å². The lowest BCUT2D eigenvalue weighted by Crippen LogP contribution is -2.37. The molecule has 0 saturated carbocycles. The van der Waals surface area contributed by atoms with E-state index in [2.05, 4.69) is 5.10 Å². The van der Waals surface area contributed by atoms with Gasteiger partial charge in [0.05, 0.1) is 40.9 Å². The van der Waals surface area contributed by atoms with Crippen LogP contribution in [-0.4, -0.2) is 29.7 Å². The highest BCUT2D eigenvalue weighted by Gasteiger charge is 2.34. The van der Waals surface area contributed by atoms with Crippen LogP contribution in [0, 0.1) is 0 Å². The molecule has 0 bridgehead atoms. The Labute approximate surface area is 206 Å². The van der Waals surface area contributed by atoms with Gasteiger partial charge in [-0.2, -0.15) is 5.10 Å².